The van der Waals surface area contributed by atoms with Gasteiger partial charge in [0.15, 0.2) is 5.11 Å². The van der Waals surface area contributed by atoms with Crippen LogP contribution in [0.4, 0.5) is 5.00 Å². The lowest BCUT2D eigenvalue weighted by atomic mass is 10.1. The molecule has 138 valence electrons. The van der Waals surface area contributed by atoms with Gasteiger partial charge in [0, 0.05) is 26.2 Å². The number of anilines is 1. The van der Waals surface area contributed by atoms with Gasteiger partial charge < -0.3 is 19.9 Å². The Balaban J connectivity index is 2.37. The molecule has 6 nitrogen and oxygen atoms in total. The second-order valence-electron chi connectivity index (χ2n) is 5.85. The number of thiophene rings is 1. The van der Waals surface area contributed by atoms with Crippen molar-refractivity contribution in [3.8, 4) is 0 Å². The maximum atomic E-state index is 12.8. The summed E-state index contributed by atoms with van der Waals surface area (Å²) in [6.45, 7) is 8.72. The lowest BCUT2D eigenvalue weighted by molar-refractivity contribution is 0.0601. The topological polar surface area (TPSA) is 61.9 Å². The molecule has 0 atom stereocenters. The first-order valence-corrected chi connectivity index (χ1v) is 9.73. The Bertz CT molecular complexity index is 662. The summed E-state index contributed by atoms with van der Waals surface area (Å²) < 4.78 is 4.92. The van der Waals surface area contributed by atoms with Gasteiger partial charge in [-0.05, 0) is 51.4 Å². The van der Waals surface area contributed by atoms with Crippen LogP contribution in [0.3, 0.4) is 0 Å². The van der Waals surface area contributed by atoms with Crippen molar-refractivity contribution in [2.75, 3.05) is 38.6 Å². The standard InChI is InChI=1S/C17H25N3O3S2/c1-5-19(6-2)15(21)13-11(3)12(16(22)23-4)14(25-13)18-17(24)20-9-7-8-10-20/h5-10H2,1-4H3,(H,18,24). The van der Waals surface area contributed by atoms with Gasteiger partial charge in [0.2, 0.25) is 0 Å². The minimum absolute atomic E-state index is 0.0715. The molecule has 0 aliphatic carbocycles. The fraction of sp³-hybridized carbons (Fsp3) is 0.588. The molecule has 2 rings (SSSR count). The Morgan fingerprint density at radius 3 is 2.40 bits per heavy atom. The van der Waals surface area contributed by atoms with Gasteiger partial charge in [0.05, 0.1) is 17.6 Å². The number of hydrogen-bond donors (Lipinski definition) is 1. The molecule has 1 aromatic heterocycles. The van der Waals surface area contributed by atoms with Gasteiger partial charge >= 0.3 is 5.97 Å². The predicted octanol–water partition coefficient (Wildman–Crippen LogP) is 3.12. The number of carbonyl (C=O) groups excluding carboxylic acids is 2. The van der Waals surface area contributed by atoms with Crippen LogP contribution in [-0.2, 0) is 4.74 Å². The zero-order valence-electron chi connectivity index (χ0n) is 15.2. The number of nitrogens with zero attached hydrogens (tertiary/aromatic N) is 2. The number of rotatable bonds is 5. The quantitative estimate of drug-likeness (QED) is 0.623. The predicted molar refractivity (Wildman–Crippen MR) is 105 cm³/mol. The summed E-state index contributed by atoms with van der Waals surface area (Å²) in [6.07, 6.45) is 2.22. The number of likely N-dealkylation sites (tertiary alicyclic amines) is 1. The molecule has 1 amide bonds. The molecule has 0 spiro atoms. The fourth-order valence-electron chi connectivity index (χ4n) is 2.90. The van der Waals surface area contributed by atoms with Crippen LogP contribution >= 0.6 is 23.6 Å². The number of ether oxygens (including phenoxy) is 1. The first kappa shape index (κ1) is 19.7. The van der Waals surface area contributed by atoms with E-state index in [4.69, 9.17) is 17.0 Å². The van der Waals surface area contributed by atoms with Gasteiger partial charge in [-0.2, -0.15) is 0 Å². The minimum Gasteiger partial charge on any atom is -0.465 e. The van der Waals surface area contributed by atoms with Gasteiger partial charge in [-0.3, -0.25) is 4.79 Å². The largest absolute Gasteiger partial charge is 0.465 e. The van der Waals surface area contributed by atoms with Crippen LogP contribution in [0.15, 0.2) is 0 Å². The molecule has 1 aliphatic rings. The van der Waals surface area contributed by atoms with E-state index in [9.17, 15) is 9.59 Å². The Kier molecular flexibility index (Phi) is 6.78. The molecule has 0 radical (unpaired) electrons. The Morgan fingerprint density at radius 2 is 1.88 bits per heavy atom. The Morgan fingerprint density at radius 1 is 1.28 bits per heavy atom. The molecule has 1 fully saturated rings. The van der Waals surface area contributed by atoms with Crippen molar-refractivity contribution in [3.05, 3.63) is 16.0 Å². The van der Waals surface area contributed by atoms with Crippen LogP contribution in [0.2, 0.25) is 0 Å². The van der Waals surface area contributed by atoms with E-state index in [1.165, 1.54) is 18.4 Å². The molecule has 25 heavy (non-hydrogen) atoms. The van der Waals surface area contributed by atoms with Crippen molar-refractivity contribution in [1.82, 2.24) is 9.80 Å². The lowest BCUT2D eigenvalue weighted by Gasteiger charge is -2.19. The highest BCUT2D eigenvalue weighted by Gasteiger charge is 2.28. The second-order valence-corrected chi connectivity index (χ2v) is 7.26. The highest BCUT2D eigenvalue weighted by molar-refractivity contribution is 7.80. The monoisotopic (exact) mass is 383 g/mol. The number of carbonyl (C=O) groups is 2. The lowest BCUT2D eigenvalue weighted by Crippen LogP contribution is -2.32. The van der Waals surface area contributed by atoms with Crippen LogP contribution in [0, 0.1) is 6.92 Å². The molecular formula is C17H25N3O3S2. The average Bonchev–Trinajstić information content (AvgIpc) is 3.23. The van der Waals surface area contributed by atoms with Gasteiger partial charge in [0.25, 0.3) is 5.91 Å². The summed E-state index contributed by atoms with van der Waals surface area (Å²) in [5.74, 6) is -0.531. The number of amides is 1. The molecule has 0 unspecified atom stereocenters. The highest BCUT2D eigenvalue weighted by Crippen LogP contribution is 2.35. The van der Waals surface area contributed by atoms with Crippen molar-refractivity contribution < 1.29 is 14.3 Å². The third-order valence-electron chi connectivity index (χ3n) is 4.39. The van der Waals surface area contributed by atoms with E-state index >= 15 is 0 Å². The normalized spacial score (nSPS) is 13.7. The average molecular weight is 384 g/mol. The van der Waals surface area contributed by atoms with Crippen LogP contribution < -0.4 is 5.32 Å². The SMILES string of the molecule is CCN(CC)C(=O)c1sc(NC(=S)N2CCCC2)c(C(=O)OC)c1C. The molecule has 1 aliphatic heterocycles. The van der Waals surface area contributed by atoms with E-state index in [-0.39, 0.29) is 5.91 Å². The summed E-state index contributed by atoms with van der Waals surface area (Å²) in [5, 5.41) is 4.33. The second kappa shape index (κ2) is 8.62. The van der Waals surface area contributed by atoms with Crippen molar-refractivity contribution >= 4 is 45.5 Å². The first-order chi connectivity index (χ1) is 11.9. The van der Waals surface area contributed by atoms with Crippen LogP contribution in [-0.4, -0.2) is 60.1 Å². The Labute approximate surface area is 158 Å². The molecule has 1 saturated heterocycles. The maximum Gasteiger partial charge on any atom is 0.341 e. The fourth-order valence-corrected chi connectivity index (χ4v) is 4.42. The highest BCUT2D eigenvalue weighted by atomic mass is 32.1. The third-order valence-corrected chi connectivity index (χ3v) is 5.95. The molecule has 0 saturated carbocycles. The summed E-state index contributed by atoms with van der Waals surface area (Å²) in [7, 11) is 1.34. The first-order valence-electron chi connectivity index (χ1n) is 8.51. The zero-order chi connectivity index (χ0) is 18.6. The molecule has 1 aromatic rings. The van der Waals surface area contributed by atoms with Gasteiger partial charge in [0.1, 0.15) is 5.00 Å². The number of methoxy groups -OCH3 is 1. The van der Waals surface area contributed by atoms with E-state index in [0.717, 1.165) is 25.9 Å². The summed E-state index contributed by atoms with van der Waals surface area (Å²) in [5.41, 5.74) is 1.03. The van der Waals surface area contributed by atoms with Crippen molar-refractivity contribution in [3.63, 3.8) is 0 Å². The number of nitrogens with one attached hydrogen (secondary N) is 1. The van der Waals surface area contributed by atoms with E-state index in [2.05, 4.69) is 10.2 Å². The van der Waals surface area contributed by atoms with Crippen molar-refractivity contribution in [2.24, 2.45) is 0 Å². The molecule has 2 heterocycles. The molecule has 1 N–H and O–H groups in total. The third kappa shape index (κ3) is 4.12. The van der Waals surface area contributed by atoms with E-state index in [1.807, 2.05) is 13.8 Å². The summed E-state index contributed by atoms with van der Waals surface area (Å²) in [6, 6.07) is 0. The Hall–Kier alpha value is -1.67. The molecule has 0 bridgehead atoms. The van der Waals surface area contributed by atoms with Gasteiger partial charge in [-0.1, -0.05) is 0 Å². The van der Waals surface area contributed by atoms with Crippen LogP contribution in [0.5, 0.6) is 0 Å². The van der Waals surface area contributed by atoms with Gasteiger partial charge in [-0.25, -0.2) is 4.79 Å². The van der Waals surface area contributed by atoms with Crippen LogP contribution in [0.1, 0.15) is 52.3 Å². The van der Waals surface area contributed by atoms with E-state index < -0.39 is 5.97 Å². The minimum atomic E-state index is -0.459. The number of esters is 1. The maximum absolute atomic E-state index is 12.8. The molecule has 8 heteroatoms. The smallest absolute Gasteiger partial charge is 0.341 e. The molecular weight excluding hydrogens is 358 g/mol. The van der Waals surface area contributed by atoms with Crippen molar-refractivity contribution in [2.45, 2.75) is 33.6 Å². The van der Waals surface area contributed by atoms with E-state index in [0.29, 0.717) is 39.2 Å². The number of hydrogen-bond acceptors (Lipinski definition) is 5. The zero-order valence-corrected chi connectivity index (χ0v) is 16.8. The van der Waals surface area contributed by atoms with Gasteiger partial charge in [-0.15, -0.1) is 11.3 Å². The van der Waals surface area contributed by atoms with E-state index in [1.54, 1.807) is 11.8 Å². The summed E-state index contributed by atoms with van der Waals surface area (Å²) >= 11 is 6.73. The molecule has 0 aromatic carbocycles. The number of thiocarbonyl (C=S) groups is 1. The van der Waals surface area contributed by atoms with Crippen molar-refractivity contribution in [1.29, 1.82) is 0 Å². The summed E-state index contributed by atoms with van der Waals surface area (Å²) in [4.78, 5) is 29.4. The van der Waals surface area contributed by atoms with Crippen LogP contribution in [0.25, 0.3) is 0 Å².